The van der Waals surface area contributed by atoms with Crippen molar-refractivity contribution in [3.8, 4) is 0 Å². The average Bonchev–Trinajstić information content (AvgIpc) is 3.11. The van der Waals surface area contributed by atoms with Gasteiger partial charge in [0.25, 0.3) is 0 Å². The molecule has 0 aromatic carbocycles. The normalized spacial score (nSPS) is 23.4. The standard InChI is InChI=1S/C15H22O5SSe/c1-15(2)19-8-12(20-15)14(18)11(17)9-22-7-5-10(16)13-4-3-6-21-13/h3-4,6,11-12,14,17-18H,5,7-9H2,1-2H3/t11-,12-,14+/m1/s1. The molecule has 124 valence electrons. The first kappa shape index (κ1) is 18.1. The van der Waals surface area contributed by atoms with E-state index in [2.05, 4.69) is 0 Å². The van der Waals surface area contributed by atoms with Crippen molar-refractivity contribution in [2.45, 2.75) is 55.0 Å². The topological polar surface area (TPSA) is 76.0 Å². The summed E-state index contributed by atoms with van der Waals surface area (Å²) in [5.41, 5.74) is 0. The van der Waals surface area contributed by atoms with E-state index in [1.54, 1.807) is 13.8 Å². The van der Waals surface area contributed by atoms with Crippen LogP contribution in [0.3, 0.4) is 0 Å². The number of aliphatic hydroxyl groups excluding tert-OH is 2. The number of thiophene rings is 1. The fraction of sp³-hybridized carbons (Fsp3) is 0.667. The van der Waals surface area contributed by atoms with Gasteiger partial charge in [-0.25, -0.2) is 0 Å². The van der Waals surface area contributed by atoms with Gasteiger partial charge in [-0.05, 0) is 0 Å². The van der Waals surface area contributed by atoms with E-state index in [4.69, 9.17) is 9.47 Å². The molecule has 1 aromatic heterocycles. The van der Waals surface area contributed by atoms with Crippen LogP contribution in [-0.4, -0.2) is 61.7 Å². The fourth-order valence-electron chi connectivity index (χ4n) is 2.16. The predicted octanol–water partition coefficient (Wildman–Crippen LogP) is 1.73. The Morgan fingerprint density at radius 3 is 2.91 bits per heavy atom. The van der Waals surface area contributed by atoms with Crippen LogP contribution in [-0.2, 0) is 9.47 Å². The number of hydrogen-bond acceptors (Lipinski definition) is 6. The molecule has 22 heavy (non-hydrogen) atoms. The number of ether oxygens (including phenoxy) is 2. The minimum atomic E-state index is -0.948. The first-order valence-corrected chi connectivity index (χ1v) is 10.5. The third-order valence-corrected chi connectivity index (χ3v) is 6.52. The Morgan fingerprint density at radius 1 is 1.55 bits per heavy atom. The van der Waals surface area contributed by atoms with Crippen molar-refractivity contribution < 1.29 is 24.5 Å². The van der Waals surface area contributed by atoms with E-state index in [0.717, 1.165) is 10.2 Å². The summed E-state index contributed by atoms with van der Waals surface area (Å²) < 4.78 is 10.9. The van der Waals surface area contributed by atoms with Gasteiger partial charge in [-0.3, -0.25) is 0 Å². The van der Waals surface area contributed by atoms with Gasteiger partial charge in [-0.15, -0.1) is 0 Å². The molecule has 3 atom stereocenters. The zero-order valence-corrected chi connectivity index (χ0v) is 15.3. The average molecular weight is 393 g/mol. The number of carbonyl (C=O) groups excluding carboxylic acids is 1. The molecule has 1 aromatic rings. The molecule has 1 aliphatic heterocycles. The van der Waals surface area contributed by atoms with Crippen molar-refractivity contribution in [3.05, 3.63) is 22.4 Å². The molecule has 0 spiro atoms. The molecule has 1 aliphatic rings. The molecule has 0 radical (unpaired) electrons. The number of carbonyl (C=O) groups is 1. The fourth-order valence-corrected chi connectivity index (χ4v) is 4.82. The Hall–Kier alpha value is -0.271. The Balaban J connectivity index is 1.65. The van der Waals surface area contributed by atoms with E-state index in [0.29, 0.717) is 11.7 Å². The van der Waals surface area contributed by atoms with Gasteiger partial charge in [0.2, 0.25) is 0 Å². The molecular formula is C15H22O5SSe. The summed E-state index contributed by atoms with van der Waals surface area (Å²) in [6.07, 6.45) is -1.77. The van der Waals surface area contributed by atoms with Gasteiger partial charge in [0.15, 0.2) is 0 Å². The third kappa shape index (κ3) is 5.13. The quantitative estimate of drug-likeness (QED) is 0.400. The Kier molecular flexibility index (Phi) is 6.58. The van der Waals surface area contributed by atoms with Crippen LogP contribution < -0.4 is 0 Å². The van der Waals surface area contributed by atoms with Crippen molar-refractivity contribution >= 4 is 32.1 Å². The monoisotopic (exact) mass is 394 g/mol. The summed E-state index contributed by atoms with van der Waals surface area (Å²) in [6.45, 7) is 3.85. The van der Waals surface area contributed by atoms with E-state index in [1.165, 1.54) is 11.3 Å². The van der Waals surface area contributed by atoms with Gasteiger partial charge < -0.3 is 0 Å². The third-order valence-electron chi connectivity index (χ3n) is 3.36. The number of rotatable bonds is 8. The molecule has 0 unspecified atom stereocenters. The molecule has 0 saturated carbocycles. The van der Waals surface area contributed by atoms with Gasteiger partial charge in [0.1, 0.15) is 0 Å². The van der Waals surface area contributed by atoms with Crippen molar-refractivity contribution in [1.29, 1.82) is 0 Å². The van der Waals surface area contributed by atoms with Gasteiger partial charge in [0, 0.05) is 0 Å². The Morgan fingerprint density at radius 2 is 2.32 bits per heavy atom. The molecule has 0 amide bonds. The molecule has 0 aliphatic carbocycles. The summed E-state index contributed by atoms with van der Waals surface area (Å²) in [5, 5.41) is 23.3. The van der Waals surface area contributed by atoms with E-state index < -0.39 is 24.1 Å². The van der Waals surface area contributed by atoms with E-state index in [-0.39, 0.29) is 27.3 Å². The second-order valence-corrected chi connectivity index (χ2v) is 9.01. The maximum atomic E-state index is 11.8. The summed E-state index contributed by atoms with van der Waals surface area (Å²) in [5.74, 6) is -0.551. The Bertz CT molecular complexity index is 476. The number of ketones is 1. The van der Waals surface area contributed by atoms with Crippen LogP contribution in [0.1, 0.15) is 29.9 Å². The van der Waals surface area contributed by atoms with Crippen LogP contribution in [0, 0.1) is 0 Å². The van der Waals surface area contributed by atoms with E-state index in [1.807, 2.05) is 17.5 Å². The van der Waals surface area contributed by atoms with Crippen LogP contribution in [0.4, 0.5) is 0 Å². The first-order valence-electron chi connectivity index (χ1n) is 7.21. The molecule has 0 bridgehead atoms. The van der Waals surface area contributed by atoms with Crippen LogP contribution in [0.5, 0.6) is 0 Å². The van der Waals surface area contributed by atoms with E-state index in [9.17, 15) is 15.0 Å². The first-order chi connectivity index (χ1) is 10.4. The SMILES string of the molecule is CC1(C)OC[C@H]([C@@H](O)[C@H](O)C[Se]CCC(=O)c2cccs2)O1. The van der Waals surface area contributed by atoms with Crippen molar-refractivity contribution in [3.63, 3.8) is 0 Å². The number of aliphatic hydroxyl groups is 2. The summed E-state index contributed by atoms with van der Waals surface area (Å²) in [6, 6.07) is 3.70. The molecule has 7 heteroatoms. The van der Waals surface area contributed by atoms with Crippen LogP contribution in [0.2, 0.25) is 10.6 Å². The molecule has 2 heterocycles. The number of Topliss-reactive ketones (excluding diaryl/α,β-unsaturated/α-hetero) is 1. The van der Waals surface area contributed by atoms with Crippen molar-refractivity contribution in [1.82, 2.24) is 0 Å². The van der Waals surface area contributed by atoms with Crippen molar-refractivity contribution in [2.24, 2.45) is 0 Å². The molecule has 1 saturated heterocycles. The molecule has 5 nitrogen and oxygen atoms in total. The summed E-state index contributed by atoms with van der Waals surface area (Å²) in [7, 11) is 0. The molecule has 1 fully saturated rings. The predicted molar refractivity (Wildman–Crippen MR) is 85.6 cm³/mol. The molecule has 2 rings (SSSR count). The minimum absolute atomic E-state index is 0.113. The second kappa shape index (κ2) is 8.01. The van der Waals surface area contributed by atoms with Crippen LogP contribution in [0.25, 0.3) is 0 Å². The van der Waals surface area contributed by atoms with E-state index >= 15 is 0 Å². The van der Waals surface area contributed by atoms with Gasteiger partial charge in [0.05, 0.1) is 0 Å². The zero-order chi connectivity index (χ0) is 16.2. The number of hydrogen-bond donors (Lipinski definition) is 2. The van der Waals surface area contributed by atoms with Crippen molar-refractivity contribution in [2.75, 3.05) is 6.61 Å². The van der Waals surface area contributed by atoms with Gasteiger partial charge in [-0.1, -0.05) is 0 Å². The Labute approximate surface area is 140 Å². The second-order valence-electron chi connectivity index (χ2n) is 5.65. The molecule has 2 N–H and O–H groups in total. The van der Waals surface area contributed by atoms with Gasteiger partial charge in [-0.2, -0.15) is 0 Å². The summed E-state index contributed by atoms with van der Waals surface area (Å²) >= 11 is 1.57. The molecular weight excluding hydrogens is 371 g/mol. The van der Waals surface area contributed by atoms with Crippen LogP contribution >= 0.6 is 11.3 Å². The zero-order valence-electron chi connectivity index (χ0n) is 12.7. The summed E-state index contributed by atoms with van der Waals surface area (Å²) in [4.78, 5) is 12.6. The maximum absolute atomic E-state index is 11.8. The van der Waals surface area contributed by atoms with Gasteiger partial charge >= 0.3 is 141 Å². The van der Waals surface area contributed by atoms with Crippen LogP contribution in [0.15, 0.2) is 17.5 Å².